The van der Waals surface area contributed by atoms with Crippen molar-refractivity contribution in [3.63, 3.8) is 0 Å². The molecule has 0 bridgehead atoms. The van der Waals surface area contributed by atoms with Crippen LogP contribution in [0.4, 0.5) is 10.1 Å². The molecule has 0 fully saturated rings. The average molecular weight is 224 g/mol. The van der Waals surface area contributed by atoms with Crippen LogP contribution < -0.4 is 11.1 Å². The number of anilines is 1. The van der Waals surface area contributed by atoms with Crippen molar-refractivity contribution < 1.29 is 9.18 Å². The molecular weight excluding hydrogens is 207 g/mol. The highest BCUT2D eigenvalue weighted by Gasteiger charge is 2.17. The molecule has 0 aliphatic carbocycles. The van der Waals surface area contributed by atoms with Gasteiger partial charge in [-0.25, -0.2) is 4.39 Å². The highest BCUT2D eigenvalue weighted by molar-refractivity contribution is 5.95. The summed E-state index contributed by atoms with van der Waals surface area (Å²) in [6, 6.07) is 3.68. The van der Waals surface area contributed by atoms with Gasteiger partial charge in [0.25, 0.3) is 0 Å². The van der Waals surface area contributed by atoms with Crippen molar-refractivity contribution in [2.75, 3.05) is 5.32 Å². The third-order valence-electron chi connectivity index (χ3n) is 2.48. The van der Waals surface area contributed by atoms with Crippen LogP contribution in [-0.2, 0) is 4.79 Å². The number of carbonyl (C=O) groups excluding carboxylic acids is 1. The molecule has 0 aliphatic rings. The minimum atomic E-state index is -0.581. The Balaban J connectivity index is 2.80. The summed E-state index contributed by atoms with van der Waals surface area (Å²) in [5.74, 6) is -0.614. The number of aryl methyl sites for hydroxylation is 1. The summed E-state index contributed by atoms with van der Waals surface area (Å²) in [7, 11) is 0. The van der Waals surface area contributed by atoms with Gasteiger partial charge in [0.05, 0.1) is 6.04 Å². The molecule has 0 aromatic heterocycles. The minimum Gasteiger partial charge on any atom is -0.324 e. The van der Waals surface area contributed by atoms with E-state index in [0.29, 0.717) is 5.69 Å². The lowest BCUT2D eigenvalue weighted by molar-refractivity contribution is -0.118. The molecule has 3 N–H and O–H groups in total. The second-order valence-corrected chi connectivity index (χ2v) is 4.22. The van der Waals surface area contributed by atoms with Crippen molar-refractivity contribution in [2.24, 2.45) is 11.7 Å². The highest BCUT2D eigenvalue weighted by atomic mass is 19.1. The molecule has 0 aliphatic heterocycles. The normalized spacial score (nSPS) is 12.6. The predicted octanol–water partition coefficient (Wildman–Crippen LogP) is 2.06. The number of benzene rings is 1. The summed E-state index contributed by atoms with van der Waals surface area (Å²) in [4.78, 5) is 11.7. The molecule has 1 aromatic rings. The quantitative estimate of drug-likeness (QED) is 0.825. The van der Waals surface area contributed by atoms with Gasteiger partial charge >= 0.3 is 0 Å². The van der Waals surface area contributed by atoms with E-state index in [1.807, 2.05) is 13.8 Å². The molecule has 16 heavy (non-hydrogen) atoms. The van der Waals surface area contributed by atoms with Crippen LogP contribution in [0.5, 0.6) is 0 Å². The number of amides is 1. The molecule has 1 aromatic carbocycles. The zero-order valence-electron chi connectivity index (χ0n) is 9.75. The first-order valence-electron chi connectivity index (χ1n) is 5.24. The van der Waals surface area contributed by atoms with Gasteiger partial charge in [0.2, 0.25) is 5.91 Å². The fraction of sp³-hybridized carbons (Fsp3) is 0.417. The van der Waals surface area contributed by atoms with Gasteiger partial charge < -0.3 is 11.1 Å². The van der Waals surface area contributed by atoms with Gasteiger partial charge in [-0.2, -0.15) is 0 Å². The topological polar surface area (TPSA) is 55.1 Å². The minimum absolute atomic E-state index is 0.0499. The zero-order chi connectivity index (χ0) is 12.3. The summed E-state index contributed by atoms with van der Waals surface area (Å²) in [6.07, 6.45) is 0. The summed E-state index contributed by atoms with van der Waals surface area (Å²) < 4.78 is 13.0. The van der Waals surface area contributed by atoms with Crippen LogP contribution >= 0.6 is 0 Å². The van der Waals surface area contributed by atoms with Crippen LogP contribution in [0.25, 0.3) is 0 Å². The van der Waals surface area contributed by atoms with Crippen LogP contribution in [0.1, 0.15) is 19.4 Å². The Morgan fingerprint density at radius 3 is 2.62 bits per heavy atom. The smallest absolute Gasteiger partial charge is 0.241 e. The van der Waals surface area contributed by atoms with Gasteiger partial charge in [-0.3, -0.25) is 4.79 Å². The second-order valence-electron chi connectivity index (χ2n) is 4.22. The summed E-state index contributed by atoms with van der Waals surface area (Å²) >= 11 is 0. The zero-order valence-corrected chi connectivity index (χ0v) is 9.75. The molecule has 88 valence electrons. The van der Waals surface area contributed by atoms with E-state index in [-0.39, 0.29) is 17.6 Å². The standard InChI is InChI=1S/C12H17FN2O/c1-7(2)11(14)12(16)15-10-6-9(13)5-4-8(10)3/h4-7,11H,14H2,1-3H3,(H,15,16). The van der Waals surface area contributed by atoms with E-state index in [1.165, 1.54) is 12.1 Å². The van der Waals surface area contributed by atoms with Crippen molar-refractivity contribution >= 4 is 11.6 Å². The highest BCUT2D eigenvalue weighted by Crippen LogP contribution is 2.16. The second kappa shape index (κ2) is 5.07. The number of halogens is 1. The first-order valence-corrected chi connectivity index (χ1v) is 5.24. The van der Waals surface area contributed by atoms with Crippen molar-refractivity contribution in [1.29, 1.82) is 0 Å². The first kappa shape index (κ1) is 12.6. The molecule has 0 spiro atoms. The fourth-order valence-corrected chi connectivity index (χ4v) is 1.25. The maximum absolute atomic E-state index is 13.0. The molecule has 1 amide bonds. The van der Waals surface area contributed by atoms with E-state index < -0.39 is 6.04 Å². The number of hydrogen-bond donors (Lipinski definition) is 2. The fourth-order valence-electron chi connectivity index (χ4n) is 1.25. The number of carbonyl (C=O) groups is 1. The Kier molecular flexibility index (Phi) is 4.01. The molecule has 1 rings (SSSR count). The van der Waals surface area contributed by atoms with Crippen LogP contribution in [0.15, 0.2) is 18.2 Å². The number of hydrogen-bond acceptors (Lipinski definition) is 2. The molecule has 1 unspecified atom stereocenters. The van der Waals surface area contributed by atoms with E-state index in [0.717, 1.165) is 5.56 Å². The Labute approximate surface area is 94.8 Å². The molecule has 0 saturated carbocycles. The van der Waals surface area contributed by atoms with E-state index >= 15 is 0 Å². The first-order chi connectivity index (χ1) is 7.41. The third kappa shape index (κ3) is 3.03. The van der Waals surface area contributed by atoms with Crippen LogP contribution in [0.3, 0.4) is 0 Å². The monoisotopic (exact) mass is 224 g/mol. The van der Waals surface area contributed by atoms with E-state index in [4.69, 9.17) is 5.73 Å². The van der Waals surface area contributed by atoms with Crippen LogP contribution in [0, 0.1) is 18.7 Å². The van der Waals surface area contributed by atoms with Gasteiger partial charge in [0.15, 0.2) is 0 Å². The third-order valence-corrected chi connectivity index (χ3v) is 2.48. The van der Waals surface area contributed by atoms with Gasteiger partial charge in [0, 0.05) is 5.69 Å². The lowest BCUT2D eigenvalue weighted by Gasteiger charge is -2.16. The molecular formula is C12H17FN2O. The molecule has 0 saturated heterocycles. The number of nitrogens with two attached hydrogens (primary N) is 1. The van der Waals surface area contributed by atoms with Gasteiger partial charge in [0.1, 0.15) is 5.82 Å². The van der Waals surface area contributed by atoms with Crippen molar-refractivity contribution in [1.82, 2.24) is 0 Å². The van der Waals surface area contributed by atoms with Crippen molar-refractivity contribution in [2.45, 2.75) is 26.8 Å². The van der Waals surface area contributed by atoms with Gasteiger partial charge in [-0.05, 0) is 30.5 Å². The lowest BCUT2D eigenvalue weighted by Crippen LogP contribution is -2.39. The number of rotatable bonds is 3. The van der Waals surface area contributed by atoms with Gasteiger partial charge in [-0.1, -0.05) is 19.9 Å². The molecule has 0 radical (unpaired) electrons. The predicted molar refractivity (Wildman–Crippen MR) is 62.6 cm³/mol. The average Bonchev–Trinajstić information content (AvgIpc) is 2.22. The SMILES string of the molecule is Cc1ccc(F)cc1NC(=O)C(N)C(C)C. The molecule has 4 heteroatoms. The summed E-state index contributed by atoms with van der Waals surface area (Å²) in [6.45, 7) is 5.53. The maximum atomic E-state index is 13.0. The largest absolute Gasteiger partial charge is 0.324 e. The van der Waals surface area contributed by atoms with E-state index in [2.05, 4.69) is 5.32 Å². The van der Waals surface area contributed by atoms with Crippen LogP contribution in [0.2, 0.25) is 0 Å². The van der Waals surface area contributed by atoms with Gasteiger partial charge in [-0.15, -0.1) is 0 Å². The molecule has 1 atom stereocenters. The summed E-state index contributed by atoms with van der Waals surface area (Å²) in [5.41, 5.74) is 6.97. The van der Waals surface area contributed by atoms with Crippen LogP contribution in [-0.4, -0.2) is 11.9 Å². The maximum Gasteiger partial charge on any atom is 0.241 e. The Morgan fingerprint density at radius 1 is 1.44 bits per heavy atom. The number of nitrogens with one attached hydrogen (secondary N) is 1. The van der Waals surface area contributed by atoms with E-state index in [9.17, 15) is 9.18 Å². The Hall–Kier alpha value is -1.42. The summed E-state index contributed by atoms with van der Waals surface area (Å²) in [5, 5.41) is 2.63. The van der Waals surface area contributed by atoms with E-state index in [1.54, 1.807) is 13.0 Å². The Morgan fingerprint density at radius 2 is 2.06 bits per heavy atom. The molecule has 3 nitrogen and oxygen atoms in total. The lowest BCUT2D eigenvalue weighted by atomic mass is 10.0. The molecule has 0 heterocycles. The van der Waals surface area contributed by atoms with Crippen molar-refractivity contribution in [3.05, 3.63) is 29.6 Å². The Bertz CT molecular complexity index is 391. The van der Waals surface area contributed by atoms with Crippen molar-refractivity contribution in [3.8, 4) is 0 Å².